The molecule has 1 aliphatic rings. The predicted molar refractivity (Wildman–Crippen MR) is 119 cm³/mol. The molecule has 0 aromatic carbocycles. The molecule has 32 heavy (non-hydrogen) atoms. The van der Waals surface area contributed by atoms with Crippen molar-refractivity contribution in [2.45, 2.75) is 90.5 Å². The average Bonchev–Trinajstić information content (AvgIpc) is 3.22. The van der Waals surface area contributed by atoms with Crippen LogP contribution < -0.4 is 0 Å². The second-order valence-electron chi connectivity index (χ2n) is 10.4. The molecular weight excluding hydrogens is 412 g/mol. The number of rotatable bonds is 4. The number of aromatic hydroxyl groups is 2. The highest BCUT2D eigenvalue weighted by Crippen LogP contribution is 2.39. The van der Waals surface area contributed by atoms with Gasteiger partial charge in [-0.25, -0.2) is 9.59 Å². The summed E-state index contributed by atoms with van der Waals surface area (Å²) in [5.41, 5.74) is -0.997. The summed E-state index contributed by atoms with van der Waals surface area (Å²) < 4.78 is 14.5. The molecule has 0 bridgehead atoms. The molecule has 0 atom stereocenters. The van der Waals surface area contributed by atoms with E-state index in [4.69, 9.17) is 9.47 Å². The van der Waals surface area contributed by atoms with Crippen LogP contribution in [0.1, 0.15) is 100 Å². The van der Waals surface area contributed by atoms with Gasteiger partial charge in [-0.2, -0.15) is 0 Å². The molecule has 1 aliphatic carbocycles. The minimum absolute atomic E-state index is 0.0174. The smallest absolute Gasteiger partial charge is 0.359 e. The summed E-state index contributed by atoms with van der Waals surface area (Å²) in [5.74, 6) is -1.29. The van der Waals surface area contributed by atoms with Gasteiger partial charge in [-0.1, -0.05) is 0 Å². The zero-order chi connectivity index (χ0) is 23.8. The van der Waals surface area contributed by atoms with E-state index in [1.807, 2.05) is 0 Å². The number of carbonyl (C=O) groups excluding carboxylic acids is 2. The summed E-state index contributed by atoms with van der Waals surface area (Å²) in [6, 6.07) is 3.05. The molecule has 8 nitrogen and oxygen atoms in total. The summed E-state index contributed by atoms with van der Waals surface area (Å²) in [5, 5.41) is 20.5. The zero-order valence-corrected chi connectivity index (χ0v) is 19.7. The highest BCUT2D eigenvalue weighted by atomic mass is 16.6. The molecular formula is C24H34N2O6. The van der Waals surface area contributed by atoms with Crippen molar-refractivity contribution in [3.63, 3.8) is 0 Å². The van der Waals surface area contributed by atoms with Crippen molar-refractivity contribution in [1.29, 1.82) is 0 Å². The molecule has 1 fully saturated rings. The van der Waals surface area contributed by atoms with E-state index in [9.17, 15) is 19.8 Å². The van der Waals surface area contributed by atoms with Crippen molar-refractivity contribution in [2.24, 2.45) is 0 Å². The Hall–Kier alpha value is -2.90. The Morgan fingerprint density at radius 3 is 1.34 bits per heavy atom. The van der Waals surface area contributed by atoms with E-state index in [0.29, 0.717) is 0 Å². The first-order chi connectivity index (χ1) is 14.8. The molecule has 2 N–H and O–H groups in total. The van der Waals surface area contributed by atoms with Crippen LogP contribution in [0.5, 0.6) is 11.5 Å². The molecule has 0 amide bonds. The van der Waals surface area contributed by atoms with Gasteiger partial charge in [0.25, 0.3) is 0 Å². The normalized spacial score (nSPS) is 19.6. The van der Waals surface area contributed by atoms with Crippen molar-refractivity contribution in [1.82, 2.24) is 9.13 Å². The fraction of sp³-hybridized carbons (Fsp3) is 0.583. The Balaban J connectivity index is 1.75. The Kier molecular flexibility index (Phi) is 6.36. The van der Waals surface area contributed by atoms with Gasteiger partial charge in [0.15, 0.2) is 11.4 Å². The lowest BCUT2D eigenvalue weighted by Crippen LogP contribution is -2.29. The standard InChI is InChI=1S/C24H34N2O6/c1-23(2,3)31-21(29)19-17(27)11-13-25(19)15-7-9-16(10-8-15)26-14-12-18(28)20(26)22(30)32-24(4,5)6/h11-16,27-28H,7-10H2,1-6H3. The number of ether oxygens (including phenoxy) is 2. The largest absolute Gasteiger partial charge is 0.505 e. The van der Waals surface area contributed by atoms with Crippen LogP contribution in [-0.2, 0) is 9.47 Å². The summed E-state index contributed by atoms with van der Waals surface area (Å²) in [4.78, 5) is 25.3. The molecule has 1 saturated carbocycles. The number of hydrogen-bond donors (Lipinski definition) is 2. The Labute approximate surface area is 188 Å². The minimum Gasteiger partial charge on any atom is -0.505 e. The number of nitrogens with zero attached hydrogens (tertiary/aromatic N) is 2. The van der Waals surface area contributed by atoms with E-state index >= 15 is 0 Å². The van der Waals surface area contributed by atoms with Gasteiger partial charge >= 0.3 is 11.9 Å². The number of hydrogen-bond acceptors (Lipinski definition) is 6. The van der Waals surface area contributed by atoms with Crippen molar-refractivity contribution >= 4 is 11.9 Å². The Morgan fingerprint density at radius 1 is 0.750 bits per heavy atom. The number of carbonyl (C=O) groups is 2. The molecule has 2 aromatic heterocycles. The quantitative estimate of drug-likeness (QED) is 0.643. The second kappa shape index (κ2) is 8.56. The van der Waals surface area contributed by atoms with E-state index < -0.39 is 23.1 Å². The monoisotopic (exact) mass is 446 g/mol. The summed E-state index contributed by atoms with van der Waals surface area (Å²) >= 11 is 0. The highest BCUT2D eigenvalue weighted by molar-refractivity contribution is 5.91. The number of esters is 2. The molecule has 0 unspecified atom stereocenters. The number of aromatic nitrogens is 2. The van der Waals surface area contributed by atoms with Crippen molar-refractivity contribution in [3.8, 4) is 11.5 Å². The lowest BCUT2D eigenvalue weighted by atomic mass is 9.90. The molecule has 8 heteroatoms. The maximum absolute atomic E-state index is 12.6. The zero-order valence-electron chi connectivity index (χ0n) is 19.7. The lowest BCUT2D eigenvalue weighted by Gasteiger charge is -2.32. The van der Waals surface area contributed by atoms with Gasteiger partial charge in [-0.3, -0.25) is 0 Å². The predicted octanol–water partition coefficient (Wildman–Crippen LogP) is 4.97. The van der Waals surface area contributed by atoms with Crippen LogP contribution in [0.3, 0.4) is 0 Å². The molecule has 0 saturated heterocycles. The third-order valence-electron chi connectivity index (χ3n) is 5.43. The van der Waals surface area contributed by atoms with Gasteiger partial charge in [-0.15, -0.1) is 0 Å². The molecule has 2 heterocycles. The Morgan fingerprint density at radius 2 is 1.06 bits per heavy atom. The molecule has 2 aromatic rings. The summed E-state index contributed by atoms with van der Waals surface area (Å²) in [6.07, 6.45) is 6.38. The average molecular weight is 447 g/mol. The topological polar surface area (TPSA) is 103 Å². The van der Waals surface area contributed by atoms with E-state index in [1.165, 1.54) is 12.1 Å². The van der Waals surface area contributed by atoms with Crippen molar-refractivity contribution < 1.29 is 29.3 Å². The molecule has 3 rings (SSSR count). The van der Waals surface area contributed by atoms with Crippen LogP contribution in [0, 0.1) is 0 Å². The second-order valence-corrected chi connectivity index (χ2v) is 10.4. The third kappa shape index (κ3) is 5.29. The van der Waals surface area contributed by atoms with Crippen LogP contribution in [0.4, 0.5) is 0 Å². The van der Waals surface area contributed by atoms with E-state index in [1.54, 1.807) is 63.1 Å². The summed E-state index contributed by atoms with van der Waals surface area (Å²) in [6.45, 7) is 10.7. The lowest BCUT2D eigenvalue weighted by molar-refractivity contribution is 0.00346. The minimum atomic E-state index is -0.662. The van der Waals surface area contributed by atoms with Crippen LogP contribution in [-0.4, -0.2) is 42.5 Å². The SMILES string of the molecule is CC(C)(C)OC(=O)c1c(O)ccn1C1CCC(n2ccc(O)c2C(=O)OC(C)(C)C)CC1. The van der Waals surface area contributed by atoms with E-state index in [0.717, 1.165) is 25.7 Å². The van der Waals surface area contributed by atoms with Crippen LogP contribution in [0.25, 0.3) is 0 Å². The van der Waals surface area contributed by atoms with Gasteiger partial charge in [-0.05, 0) is 79.4 Å². The van der Waals surface area contributed by atoms with Crippen LogP contribution >= 0.6 is 0 Å². The molecule has 176 valence electrons. The first kappa shape index (κ1) is 23.8. The fourth-order valence-electron chi connectivity index (χ4n) is 4.17. The van der Waals surface area contributed by atoms with Crippen LogP contribution in [0.2, 0.25) is 0 Å². The van der Waals surface area contributed by atoms with Crippen molar-refractivity contribution in [2.75, 3.05) is 0 Å². The summed E-state index contributed by atoms with van der Waals surface area (Å²) in [7, 11) is 0. The van der Waals surface area contributed by atoms with Gasteiger partial charge in [0, 0.05) is 24.5 Å². The van der Waals surface area contributed by atoms with Crippen molar-refractivity contribution in [3.05, 3.63) is 35.9 Å². The maximum atomic E-state index is 12.6. The first-order valence-electron chi connectivity index (χ1n) is 11.0. The van der Waals surface area contributed by atoms with Gasteiger partial charge < -0.3 is 28.8 Å². The Bertz CT molecular complexity index is 901. The maximum Gasteiger partial charge on any atom is 0.359 e. The molecule has 0 aliphatic heterocycles. The van der Waals surface area contributed by atoms with E-state index in [2.05, 4.69) is 0 Å². The molecule has 0 radical (unpaired) electrons. The van der Waals surface area contributed by atoms with Gasteiger partial charge in [0.2, 0.25) is 0 Å². The fourth-order valence-corrected chi connectivity index (χ4v) is 4.17. The third-order valence-corrected chi connectivity index (χ3v) is 5.43. The van der Waals surface area contributed by atoms with Gasteiger partial charge in [0.1, 0.15) is 22.7 Å². The first-order valence-corrected chi connectivity index (χ1v) is 11.0. The highest BCUT2D eigenvalue weighted by Gasteiger charge is 2.32. The molecule has 0 spiro atoms. The van der Waals surface area contributed by atoms with Crippen LogP contribution in [0.15, 0.2) is 24.5 Å². The van der Waals surface area contributed by atoms with Gasteiger partial charge in [0.05, 0.1) is 0 Å². The van der Waals surface area contributed by atoms with E-state index in [-0.39, 0.29) is 35.0 Å².